The van der Waals surface area contributed by atoms with Crippen molar-refractivity contribution in [2.75, 3.05) is 13.2 Å². The summed E-state index contributed by atoms with van der Waals surface area (Å²) in [5.74, 6) is 1.06. The van der Waals surface area contributed by atoms with Crippen molar-refractivity contribution in [1.82, 2.24) is 4.57 Å². The van der Waals surface area contributed by atoms with E-state index in [2.05, 4.69) is 20.4 Å². The van der Waals surface area contributed by atoms with Crippen LogP contribution in [0.15, 0.2) is 94.4 Å². The second kappa shape index (κ2) is 15.0. The Balaban J connectivity index is 1.62. The molecule has 3 aromatic carbocycles. The van der Waals surface area contributed by atoms with Gasteiger partial charge in [0, 0.05) is 10.6 Å². The largest absolute Gasteiger partial charge is 0.490 e. The Morgan fingerprint density at radius 2 is 1.79 bits per heavy atom. The van der Waals surface area contributed by atoms with Crippen molar-refractivity contribution in [2.45, 2.75) is 59.6 Å². The molecule has 0 saturated heterocycles. The van der Waals surface area contributed by atoms with E-state index in [-0.39, 0.29) is 12.2 Å². The maximum absolute atomic E-state index is 14.2. The zero-order chi connectivity index (χ0) is 33.7. The van der Waals surface area contributed by atoms with Gasteiger partial charge < -0.3 is 14.2 Å². The van der Waals surface area contributed by atoms with E-state index in [1.807, 2.05) is 79.7 Å². The number of esters is 1. The standard InChI is InChI=1S/C38H39ClN2O5S/c1-7-10-29-19-26(20-31(44-8-2)35(29)46-22-25-11-17-30(39)18-12-25)21-32-36(42)41-34(28-15-13-27(14-16-28)23(4)5)33(37(43)45-9-3)24(6)40-38(41)47-32/h7,11-21,23,34H,1,8-10,22H2,2-6H3/b32-21+/t34-/m0/s1. The highest BCUT2D eigenvalue weighted by molar-refractivity contribution is 7.07. The summed E-state index contributed by atoms with van der Waals surface area (Å²) in [5, 5.41) is 0.661. The molecule has 0 bridgehead atoms. The summed E-state index contributed by atoms with van der Waals surface area (Å²) in [4.78, 5) is 32.7. The van der Waals surface area contributed by atoms with Crippen molar-refractivity contribution >= 4 is 35.0 Å². The van der Waals surface area contributed by atoms with Crippen molar-refractivity contribution in [3.05, 3.63) is 137 Å². The van der Waals surface area contributed by atoms with Gasteiger partial charge in [0.25, 0.3) is 5.56 Å². The molecule has 0 aliphatic carbocycles. The van der Waals surface area contributed by atoms with Crippen molar-refractivity contribution in [3.8, 4) is 11.5 Å². The molecule has 9 heteroatoms. The van der Waals surface area contributed by atoms with Crippen LogP contribution in [-0.4, -0.2) is 23.8 Å². The maximum atomic E-state index is 14.2. The molecular weight excluding hydrogens is 632 g/mol. The van der Waals surface area contributed by atoms with Gasteiger partial charge >= 0.3 is 5.97 Å². The van der Waals surface area contributed by atoms with Crippen molar-refractivity contribution in [1.29, 1.82) is 0 Å². The fourth-order valence-electron chi connectivity index (χ4n) is 5.56. The molecular formula is C38H39ClN2O5S. The summed E-state index contributed by atoms with van der Waals surface area (Å²) in [5.41, 5.74) is 5.25. The monoisotopic (exact) mass is 670 g/mol. The summed E-state index contributed by atoms with van der Waals surface area (Å²) in [7, 11) is 0. The lowest BCUT2D eigenvalue weighted by Gasteiger charge is -2.25. The van der Waals surface area contributed by atoms with E-state index < -0.39 is 12.0 Å². The zero-order valence-electron chi connectivity index (χ0n) is 27.3. The molecule has 0 spiro atoms. The van der Waals surface area contributed by atoms with Crippen molar-refractivity contribution < 1.29 is 19.0 Å². The van der Waals surface area contributed by atoms with Crippen molar-refractivity contribution in [2.24, 2.45) is 4.99 Å². The summed E-state index contributed by atoms with van der Waals surface area (Å²) < 4.78 is 19.9. The van der Waals surface area contributed by atoms with Crippen LogP contribution in [0.2, 0.25) is 5.02 Å². The number of nitrogens with zero attached hydrogens (tertiary/aromatic N) is 2. The highest BCUT2D eigenvalue weighted by Gasteiger charge is 2.33. The van der Waals surface area contributed by atoms with Crippen molar-refractivity contribution in [3.63, 3.8) is 0 Å². The Labute approximate surface area is 284 Å². The van der Waals surface area contributed by atoms with Crippen LogP contribution in [0, 0.1) is 0 Å². The first-order valence-corrected chi connectivity index (χ1v) is 16.9. The van der Waals surface area contributed by atoms with Gasteiger partial charge in [0.15, 0.2) is 16.3 Å². The van der Waals surface area contributed by atoms with Gasteiger partial charge in [-0.1, -0.05) is 79.3 Å². The molecule has 2 heterocycles. The third kappa shape index (κ3) is 7.45. The Morgan fingerprint density at radius 1 is 1.06 bits per heavy atom. The smallest absolute Gasteiger partial charge is 0.338 e. The molecule has 244 valence electrons. The second-order valence-corrected chi connectivity index (χ2v) is 12.9. The molecule has 4 aromatic rings. The van der Waals surface area contributed by atoms with E-state index in [4.69, 9.17) is 30.8 Å². The van der Waals surface area contributed by atoms with Gasteiger partial charge in [-0.2, -0.15) is 0 Å². The van der Waals surface area contributed by atoms with Crippen LogP contribution >= 0.6 is 22.9 Å². The molecule has 0 amide bonds. The highest BCUT2D eigenvalue weighted by Crippen LogP contribution is 2.35. The van der Waals surface area contributed by atoms with E-state index in [1.165, 1.54) is 16.9 Å². The van der Waals surface area contributed by atoms with Crippen LogP contribution in [0.4, 0.5) is 0 Å². The normalized spacial score (nSPS) is 14.5. The molecule has 0 radical (unpaired) electrons. The topological polar surface area (TPSA) is 79.1 Å². The van der Waals surface area contributed by atoms with Gasteiger partial charge in [-0.3, -0.25) is 9.36 Å². The molecule has 0 fully saturated rings. The van der Waals surface area contributed by atoms with E-state index >= 15 is 0 Å². The Bertz CT molecular complexity index is 1990. The molecule has 1 aliphatic heterocycles. The third-order valence-corrected chi connectivity index (χ3v) is 9.08. The Kier molecular flexibility index (Phi) is 10.8. The number of allylic oxidation sites excluding steroid dienone is 2. The lowest BCUT2D eigenvalue weighted by atomic mass is 9.93. The molecule has 0 unspecified atom stereocenters. The lowest BCUT2D eigenvalue weighted by Crippen LogP contribution is -2.39. The number of carbonyl (C=O) groups excluding carboxylic acids is 1. The number of fused-ring (bicyclic) bond motifs is 1. The first-order chi connectivity index (χ1) is 22.6. The van der Waals surface area contributed by atoms with E-state index in [0.29, 0.717) is 62.7 Å². The summed E-state index contributed by atoms with van der Waals surface area (Å²) >= 11 is 7.34. The van der Waals surface area contributed by atoms with Gasteiger partial charge in [0.1, 0.15) is 6.61 Å². The molecule has 0 saturated carbocycles. The number of hydrogen-bond acceptors (Lipinski definition) is 7. The maximum Gasteiger partial charge on any atom is 0.338 e. The van der Waals surface area contributed by atoms with Gasteiger partial charge in [-0.25, -0.2) is 9.79 Å². The molecule has 0 N–H and O–H groups in total. The zero-order valence-corrected chi connectivity index (χ0v) is 28.9. The second-order valence-electron chi connectivity index (χ2n) is 11.5. The van der Waals surface area contributed by atoms with Gasteiger partial charge in [-0.05, 0) is 85.7 Å². The van der Waals surface area contributed by atoms with E-state index in [0.717, 1.165) is 22.3 Å². The summed E-state index contributed by atoms with van der Waals surface area (Å²) in [6, 6.07) is 18.7. The quantitative estimate of drug-likeness (QED) is 0.117. The number of ether oxygens (including phenoxy) is 3. The number of halogens is 1. The summed E-state index contributed by atoms with van der Waals surface area (Å²) in [6.07, 6.45) is 4.18. The SMILES string of the molecule is C=CCc1cc(/C=c2/sc3n(c2=O)[C@@H](c2ccc(C(C)C)cc2)C(C(=O)OCC)=C(C)N=3)cc(OCC)c1OCc1ccc(Cl)cc1. The van der Waals surface area contributed by atoms with Crippen LogP contribution in [0.25, 0.3) is 6.08 Å². The Morgan fingerprint density at radius 3 is 2.43 bits per heavy atom. The summed E-state index contributed by atoms with van der Waals surface area (Å²) in [6.45, 7) is 14.6. The van der Waals surface area contributed by atoms with E-state index in [9.17, 15) is 9.59 Å². The van der Waals surface area contributed by atoms with Crippen LogP contribution in [0.5, 0.6) is 11.5 Å². The van der Waals surface area contributed by atoms with Crippen LogP contribution < -0.4 is 24.4 Å². The van der Waals surface area contributed by atoms with Crippen LogP contribution in [-0.2, 0) is 22.6 Å². The van der Waals surface area contributed by atoms with Gasteiger partial charge in [-0.15, -0.1) is 6.58 Å². The van der Waals surface area contributed by atoms with E-state index in [1.54, 1.807) is 18.4 Å². The molecule has 47 heavy (non-hydrogen) atoms. The van der Waals surface area contributed by atoms with Gasteiger partial charge in [0.05, 0.1) is 35.1 Å². The van der Waals surface area contributed by atoms with Crippen LogP contribution in [0.1, 0.15) is 74.4 Å². The average molecular weight is 671 g/mol. The Hall–Kier alpha value is -4.40. The molecule has 1 aliphatic rings. The predicted octanol–water partition coefficient (Wildman–Crippen LogP) is 7.28. The first kappa shape index (κ1) is 33.9. The van der Waals surface area contributed by atoms with Gasteiger partial charge in [0.2, 0.25) is 0 Å². The fourth-order valence-corrected chi connectivity index (χ4v) is 6.73. The molecule has 5 rings (SSSR count). The lowest BCUT2D eigenvalue weighted by molar-refractivity contribution is -0.139. The predicted molar refractivity (Wildman–Crippen MR) is 188 cm³/mol. The molecule has 1 atom stereocenters. The third-order valence-electron chi connectivity index (χ3n) is 7.85. The number of thiazole rings is 1. The number of benzene rings is 3. The minimum Gasteiger partial charge on any atom is -0.490 e. The number of hydrogen-bond donors (Lipinski definition) is 0. The highest BCUT2D eigenvalue weighted by atomic mass is 35.5. The van der Waals surface area contributed by atoms with Crippen LogP contribution in [0.3, 0.4) is 0 Å². The first-order valence-electron chi connectivity index (χ1n) is 15.7. The number of aromatic nitrogens is 1. The molecule has 7 nitrogen and oxygen atoms in total. The fraction of sp³-hybridized carbons (Fsp3) is 0.289. The molecule has 1 aromatic heterocycles. The number of carbonyl (C=O) groups is 1. The average Bonchev–Trinajstić information content (AvgIpc) is 3.34. The number of rotatable bonds is 12. The minimum atomic E-state index is -0.674. The minimum absolute atomic E-state index is 0.216.